The van der Waals surface area contributed by atoms with Gasteiger partial charge in [0, 0.05) is 0 Å². The molecular formula is C5H20NO3P. The topological polar surface area (TPSA) is 80.2 Å². The molecule has 0 saturated carbocycles. The molecule has 0 aromatic carbocycles. The van der Waals surface area contributed by atoms with Crippen molar-refractivity contribution in [3.05, 3.63) is 0 Å². The van der Waals surface area contributed by atoms with E-state index in [9.17, 15) is 0 Å². The highest BCUT2D eigenvalue weighted by Gasteiger charge is 2.02. The van der Waals surface area contributed by atoms with Gasteiger partial charge in [-0.3, -0.25) is 0 Å². The summed E-state index contributed by atoms with van der Waals surface area (Å²) in [5.41, 5.74) is 0. The first-order valence-electron chi connectivity index (χ1n) is 2.47. The molecule has 10 heavy (non-hydrogen) atoms. The number of quaternary nitrogens is 1. The Morgan fingerprint density at radius 3 is 1.40 bits per heavy atom. The van der Waals surface area contributed by atoms with E-state index in [1.54, 1.807) is 0 Å². The lowest BCUT2D eigenvalue weighted by Gasteiger charge is -2.21. The molecule has 0 aliphatic heterocycles. The van der Waals surface area contributed by atoms with Gasteiger partial charge in [-0.25, -0.2) is 0 Å². The van der Waals surface area contributed by atoms with E-state index < -0.39 is 0 Å². The van der Waals surface area contributed by atoms with Crippen molar-refractivity contribution in [1.82, 2.24) is 0 Å². The summed E-state index contributed by atoms with van der Waals surface area (Å²) in [6.07, 6.45) is 0. The van der Waals surface area contributed by atoms with Crippen LogP contribution in [0.25, 0.3) is 0 Å². The largest absolute Gasteiger partial charge is 0.870 e. The van der Waals surface area contributed by atoms with Crippen LogP contribution in [0, 0.1) is 0 Å². The fraction of sp³-hybridized carbons (Fsp3) is 1.00. The molecule has 1 unspecified atom stereocenters. The van der Waals surface area contributed by atoms with Crippen molar-refractivity contribution in [3.8, 4) is 0 Å². The van der Waals surface area contributed by atoms with E-state index in [1.165, 1.54) is 0 Å². The van der Waals surface area contributed by atoms with E-state index in [1.807, 2.05) is 0 Å². The summed E-state index contributed by atoms with van der Waals surface area (Å²) in [4.78, 5) is 0. The van der Waals surface area contributed by atoms with Gasteiger partial charge >= 0.3 is 0 Å². The summed E-state index contributed by atoms with van der Waals surface area (Å²) < 4.78 is 0.844. The lowest BCUT2D eigenvalue weighted by Crippen LogP contribution is -2.36. The quantitative estimate of drug-likeness (QED) is 0.435. The van der Waals surface area contributed by atoms with Crippen LogP contribution in [0.3, 0.4) is 0 Å². The van der Waals surface area contributed by atoms with E-state index in [0.29, 0.717) is 0 Å². The third-order valence-electron chi connectivity index (χ3n) is 0.771. The molecule has 0 spiro atoms. The summed E-state index contributed by atoms with van der Waals surface area (Å²) in [6.45, 7) is 1.11. The average Bonchev–Trinajstić information content (AvgIpc) is 1.30. The van der Waals surface area contributed by atoms with Crippen molar-refractivity contribution < 1.29 is 20.5 Å². The SMILES string of the molecule is C[N+](C)(C)CCO.[OH-].[OH-].[PH4+]. The second-order valence-corrected chi connectivity index (χ2v) is 2.74. The van der Waals surface area contributed by atoms with Gasteiger partial charge in [-0.1, -0.05) is 0 Å². The van der Waals surface area contributed by atoms with Crippen molar-refractivity contribution in [2.24, 2.45) is 0 Å². The Balaban J connectivity index is -0.0000000600. The van der Waals surface area contributed by atoms with Crippen molar-refractivity contribution >= 4 is 9.90 Å². The Morgan fingerprint density at radius 1 is 1.10 bits per heavy atom. The summed E-state index contributed by atoms with van der Waals surface area (Å²) >= 11 is 0. The van der Waals surface area contributed by atoms with Crippen LogP contribution < -0.4 is 0 Å². The van der Waals surface area contributed by atoms with Crippen LogP contribution in [0.2, 0.25) is 0 Å². The molecule has 0 rings (SSSR count). The molecule has 3 N–H and O–H groups in total. The van der Waals surface area contributed by atoms with Crippen molar-refractivity contribution in [2.75, 3.05) is 34.3 Å². The van der Waals surface area contributed by atoms with E-state index in [2.05, 4.69) is 21.1 Å². The van der Waals surface area contributed by atoms with Gasteiger partial charge in [-0.15, -0.1) is 0 Å². The minimum atomic E-state index is 0. The maximum atomic E-state index is 8.39. The molecule has 68 valence electrons. The lowest BCUT2D eigenvalue weighted by atomic mass is 10.5. The fourth-order valence-corrected chi connectivity index (χ4v) is 0.300. The Morgan fingerprint density at radius 2 is 1.40 bits per heavy atom. The van der Waals surface area contributed by atoms with Gasteiger partial charge in [-0.05, 0) is 9.90 Å². The molecule has 0 aliphatic carbocycles. The Hall–Kier alpha value is 0.270. The zero-order chi connectivity index (χ0) is 5.91. The monoisotopic (exact) mass is 173 g/mol. The molecule has 0 aromatic rings. The Kier molecular flexibility index (Phi) is 20.8. The van der Waals surface area contributed by atoms with Crippen LogP contribution in [0.1, 0.15) is 0 Å². The lowest BCUT2D eigenvalue weighted by molar-refractivity contribution is -0.870. The predicted octanol–water partition coefficient (Wildman–Crippen LogP) is -0.878. The smallest absolute Gasteiger partial charge is 0.101 e. The summed E-state index contributed by atoms with van der Waals surface area (Å²) in [5.74, 6) is 0. The van der Waals surface area contributed by atoms with Gasteiger partial charge in [0.2, 0.25) is 0 Å². The molecule has 0 heterocycles. The third kappa shape index (κ3) is 24.0. The molecule has 0 amide bonds. The molecule has 4 nitrogen and oxygen atoms in total. The fourth-order valence-electron chi connectivity index (χ4n) is 0.300. The van der Waals surface area contributed by atoms with Crippen LogP contribution in [0.15, 0.2) is 0 Å². The van der Waals surface area contributed by atoms with Gasteiger partial charge in [0.05, 0.1) is 27.7 Å². The number of hydrogen-bond donors (Lipinski definition) is 1. The van der Waals surface area contributed by atoms with Crippen molar-refractivity contribution in [3.63, 3.8) is 0 Å². The normalized spacial score (nSPS) is 8.40. The van der Waals surface area contributed by atoms with Gasteiger partial charge < -0.3 is 20.5 Å². The van der Waals surface area contributed by atoms with Crippen LogP contribution in [-0.4, -0.2) is 54.8 Å². The van der Waals surface area contributed by atoms with Crippen molar-refractivity contribution in [2.45, 2.75) is 0 Å². The van der Waals surface area contributed by atoms with Crippen LogP contribution in [0.4, 0.5) is 0 Å². The Labute approximate surface area is 65.7 Å². The highest BCUT2D eigenvalue weighted by molar-refractivity contribution is 6.92. The molecular weight excluding hydrogens is 153 g/mol. The van der Waals surface area contributed by atoms with E-state index >= 15 is 0 Å². The molecule has 0 saturated heterocycles. The highest BCUT2D eigenvalue weighted by Crippen LogP contribution is 1.84. The van der Waals surface area contributed by atoms with E-state index in [0.717, 1.165) is 11.0 Å². The van der Waals surface area contributed by atoms with Crippen molar-refractivity contribution in [1.29, 1.82) is 0 Å². The molecule has 0 bridgehead atoms. The molecule has 0 fully saturated rings. The highest BCUT2D eigenvalue weighted by atomic mass is 31.0. The zero-order valence-corrected chi connectivity index (χ0v) is 9.20. The second kappa shape index (κ2) is 9.27. The van der Waals surface area contributed by atoms with Crippen LogP contribution in [0.5, 0.6) is 0 Å². The summed E-state index contributed by atoms with van der Waals surface area (Å²) in [7, 11) is 6.16. The van der Waals surface area contributed by atoms with Gasteiger partial charge in [0.1, 0.15) is 6.54 Å². The zero-order valence-electron chi connectivity index (χ0n) is 7.20. The standard InChI is InChI=1S/C5H14NO.2H2O.H3P/c1-6(2,3)4-5-7;;;/h7H,4-5H2,1-3H3;2*1H2;1H3/q+1;;;/p-1. The third-order valence-corrected chi connectivity index (χ3v) is 0.771. The first-order chi connectivity index (χ1) is 3.06. The number of likely N-dealkylation sites (N-methyl/N-ethyl adjacent to an activating group) is 1. The predicted molar refractivity (Wildman–Crippen MR) is 46.4 cm³/mol. The van der Waals surface area contributed by atoms with Gasteiger partial charge in [-0.2, -0.15) is 0 Å². The summed E-state index contributed by atoms with van der Waals surface area (Å²) in [6, 6.07) is 0. The maximum Gasteiger partial charge on any atom is 0.101 e. The average molecular weight is 173 g/mol. The number of nitrogens with zero attached hydrogens (tertiary/aromatic N) is 1. The minimum absolute atomic E-state index is 0. The maximum absolute atomic E-state index is 8.39. The molecule has 5 heteroatoms. The van der Waals surface area contributed by atoms with E-state index in [4.69, 9.17) is 5.11 Å². The molecule has 0 aliphatic rings. The van der Waals surface area contributed by atoms with Gasteiger partial charge in [0.15, 0.2) is 0 Å². The van der Waals surface area contributed by atoms with Crippen LogP contribution in [-0.2, 0) is 0 Å². The minimum Gasteiger partial charge on any atom is -0.870 e. The first-order valence-corrected chi connectivity index (χ1v) is 2.47. The van der Waals surface area contributed by atoms with Crippen LogP contribution >= 0.6 is 9.90 Å². The molecule has 0 radical (unpaired) electrons. The molecule has 1 atom stereocenters. The number of aliphatic hydroxyl groups excluding tert-OH is 1. The first kappa shape index (κ1) is 22.4. The van der Waals surface area contributed by atoms with E-state index in [-0.39, 0.29) is 27.5 Å². The Bertz CT molecular complexity index is 55.3. The number of hydrogen-bond acceptors (Lipinski definition) is 3. The summed E-state index contributed by atoms with van der Waals surface area (Å²) in [5, 5.41) is 8.39. The molecule has 0 aromatic heterocycles. The number of rotatable bonds is 2. The van der Waals surface area contributed by atoms with Gasteiger partial charge in [0.25, 0.3) is 0 Å². The number of aliphatic hydroxyl groups is 1. The second-order valence-electron chi connectivity index (χ2n) is 2.74.